The quantitative estimate of drug-likeness (QED) is 0.732. The summed E-state index contributed by atoms with van der Waals surface area (Å²) >= 11 is 0. The van der Waals surface area contributed by atoms with Crippen molar-refractivity contribution in [1.82, 2.24) is 0 Å². The van der Waals surface area contributed by atoms with Crippen molar-refractivity contribution in [3.63, 3.8) is 0 Å². The molecule has 0 radical (unpaired) electrons. The number of hydrogen-bond acceptors (Lipinski definition) is 1. The van der Waals surface area contributed by atoms with Crippen molar-refractivity contribution in [2.75, 3.05) is 0 Å². The van der Waals surface area contributed by atoms with Gasteiger partial charge in [-0.05, 0) is 11.8 Å². The second-order valence-corrected chi connectivity index (χ2v) is 10.4. The fraction of sp³-hybridized carbons (Fsp3) is 0.500. The maximum atomic E-state index is 12.5. The third kappa shape index (κ3) is 1.86. The van der Waals surface area contributed by atoms with Crippen LogP contribution < -0.4 is 5.19 Å². The molecule has 0 saturated heterocycles. The molecule has 0 spiro atoms. The first kappa shape index (κ1) is 11.6. The molecule has 1 aliphatic rings. The van der Waals surface area contributed by atoms with Gasteiger partial charge in [-0.25, -0.2) is 0 Å². The molecule has 1 nitrogen and oxygen atoms in total. The summed E-state index contributed by atoms with van der Waals surface area (Å²) in [5, 5.41) is 1.80. The summed E-state index contributed by atoms with van der Waals surface area (Å²) < 4.78 is 0. The van der Waals surface area contributed by atoms with Crippen molar-refractivity contribution in [3.05, 3.63) is 30.3 Å². The van der Waals surface area contributed by atoms with Crippen molar-refractivity contribution in [2.45, 2.75) is 33.4 Å². The lowest BCUT2D eigenvalue weighted by molar-refractivity contribution is -0.114. The van der Waals surface area contributed by atoms with Crippen LogP contribution in [0.4, 0.5) is 0 Å². The molecule has 0 N–H and O–H groups in total. The van der Waals surface area contributed by atoms with Crippen LogP contribution >= 0.6 is 0 Å². The van der Waals surface area contributed by atoms with Crippen LogP contribution in [0.1, 0.15) is 20.3 Å². The highest BCUT2D eigenvalue weighted by Crippen LogP contribution is 2.53. The van der Waals surface area contributed by atoms with Crippen molar-refractivity contribution < 1.29 is 4.79 Å². The van der Waals surface area contributed by atoms with Crippen LogP contribution in [0.15, 0.2) is 30.3 Å². The minimum atomic E-state index is -1.91. The van der Waals surface area contributed by atoms with E-state index in [1.54, 1.807) is 0 Å². The Bertz CT molecular complexity index is 406. The van der Waals surface area contributed by atoms with E-state index in [2.05, 4.69) is 39.1 Å². The zero-order chi connectivity index (χ0) is 12.0. The van der Waals surface area contributed by atoms with Gasteiger partial charge in [0.2, 0.25) is 0 Å². The van der Waals surface area contributed by atoms with Gasteiger partial charge in [0.05, 0.1) is 0 Å². The third-order valence-electron chi connectivity index (χ3n) is 3.94. The average Bonchev–Trinajstić information content (AvgIpc) is 2.88. The van der Waals surface area contributed by atoms with E-state index in [9.17, 15) is 4.79 Å². The Morgan fingerprint density at radius 1 is 1.25 bits per heavy atom. The maximum Gasteiger partial charge on any atom is 0.157 e. The first-order valence-electron chi connectivity index (χ1n) is 5.95. The van der Waals surface area contributed by atoms with Crippen LogP contribution in [0.5, 0.6) is 0 Å². The predicted molar refractivity (Wildman–Crippen MR) is 70.5 cm³/mol. The van der Waals surface area contributed by atoms with Crippen molar-refractivity contribution in [1.29, 1.82) is 0 Å². The molecule has 86 valence electrons. The molecule has 0 unspecified atom stereocenters. The molecule has 0 bridgehead atoms. The van der Waals surface area contributed by atoms with E-state index < -0.39 is 8.07 Å². The van der Waals surface area contributed by atoms with Crippen LogP contribution in [0, 0.1) is 11.3 Å². The first-order valence-corrected chi connectivity index (χ1v) is 8.95. The molecule has 2 heteroatoms. The monoisotopic (exact) mass is 232 g/mol. The summed E-state index contributed by atoms with van der Waals surface area (Å²) in [4.78, 5) is 12.5. The van der Waals surface area contributed by atoms with Gasteiger partial charge in [-0.2, -0.15) is 0 Å². The summed E-state index contributed by atoms with van der Waals surface area (Å²) in [6, 6.07) is 10.3. The molecule has 1 saturated carbocycles. The van der Waals surface area contributed by atoms with Crippen molar-refractivity contribution in [3.8, 4) is 0 Å². The lowest BCUT2D eigenvalue weighted by atomic mass is 10.1. The van der Waals surface area contributed by atoms with E-state index in [-0.39, 0.29) is 5.41 Å². The Kier molecular flexibility index (Phi) is 2.58. The van der Waals surface area contributed by atoms with Crippen LogP contribution in [-0.2, 0) is 4.79 Å². The minimum absolute atomic E-state index is 0.260. The molecule has 2 rings (SSSR count). The van der Waals surface area contributed by atoms with Crippen molar-refractivity contribution in [2.24, 2.45) is 11.3 Å². The predicted octanol–water partition coefficient (Wildman–Crippen LogP) is 2.76. The number of carbonyl (C=O) groups excluding carboxylic acids is 1. The van der Waals surface area contributed by atoms with E-state index in [1.165, 1.54) is 5.19 Å². The Labute approximate surface area is 98.9 Å². The topological polar surface area (TPSA) is 17.1 Å². The van der Waals surface area contributed by atoms with Gasteiger partial charge in [-0.3, -0.25) is 0 Å². The van der Waals surface area contributed by atoms with Gasteiger partial charge in [-0.15, -0.1) is 0 Å². The van der Waals surface area contributed by atoms with Gasteiger partial charge in [0, 0.05) is 5.92 Å². The SMILES string of the molecule is CC1(C)C[C@@H]1C(=O)[Si](C)(C)c1ccccc1. The Morgan fingerprint density at radius 2 is 1.75 bits per heavy atom. The zero-order valence-electron chi connectivity index (χ0n) is 10.6. The molecule has 0 aromatic heterocycles. The van der Waals surface area contributed by atoms with E-state index >= 15 is 0 Å². The second kappa shape index (κ2) is 3.56. The molecule has 1 fully saturated rings. The zero-order valence-corrected chi connectivity index (χ0v) is 11.6. The van der Waals surface area contributed by atoms with E-state index in [1.807, 2.05) is 18.2 Å². The van der Waals surface area contributed by atoms with Gasteiger partial charge >= 0.3 is 0 Å². The largest absolute Gasteiger partial charge is 0.305 e. The molecule has 1 atom stereocenters. The van der Waals surface area contributed by atoms with Gasteiger partial charge in [0.25, 0.3) is 0 Å². The highest BCUT2D eigenvalue weighted by atomic mass is 28.3. The normalized spacial score (nSPS) is 22.9. The highest BCUT2D eigenvalue weighted by molar-refractivity contribution is 7.13. The van der Waals surface area contributed by atoms with E-state index in [0.717, 1.165) is 6.42 Å². The molecule has 16 heavy (non-hydrogen) atoms. The summed E-state index contributed by atoms with van der Waals surface area (Å²) in [6.45, 7) is 8.76. The fourth-order valence-electron chi connectivity index (χ4n) is 2.35. The minimum Gasteiger partial charge on any atom is -0.305 e. The van der Waals surface area contributed by atoms with E-state index in [0.29, 0.717) is 11.3 Å². The van der Waals surface area contributed by atoms with Gasteiger partial charge in [-0.1, -0.05) is 62.5 Å². The average molecular weight is 232 g/mol. The lowest BCUT2D eigenvalue weighted by Gasteiger charge is -2.22. The third-order valence-corrected chi connectivity index (χ3v) is 7.30. The number of hydrogen-bond donors (Lipinski definition) is 0. The lowest BCUT2D eigenvalue weighted by Crippen LogP contribution is -2.51. The van der Waals surface area contributed by atoms with Crippen molar-refractivity contribution >= 4 is 18.7 Å². The summed E-state index contributed by atoms with van der Waals surface area (Å²) in [5.74, 6) is 0.314. The van der Waals surface area contributed by atoms with Crippen LogP contribution in [0.25, 0.3) is 0 Å². The number of rotatable bonds is 3. The standard InChI is InChI=1S/C14H20OSi/c1-14(2)10-12(14)13(15)16(3,4)11-8-6-5-7-9-11/h5-9,12H,10H2,1-4H3/t12-/m1/s1. The molecule has 1 aliphatic carbocycles. The molecule has 0 amide bonds. The fourth-order valence-corrected chi connectivity index (χ4v) is 5.02. The van der Waals surface area contributed by atoms with Gasteiger partial charge in [0.15, 0.2) is 8.07 Å². The number of benzene rings is 1. The maximum absolute atomic E-state index is 12.5. The van der Waals surface area contributed by atoms with Gasteiger partial charge < -0.3 is 4.79 Å². The molecule has 0 aliphatic heterocycles. The van der Waals surface area contributed by atoms with Crippen LogP contribution in [-0.4, -0.2) is 13.5 Å². The van der Waals surface area contributed by atoms with Gasteiger partial charge in [0.1, 0.15) is 5.41 Å². The van der Waals surface area contributed by atoms with E-state index in [4.69, 9.17) is 0 Å². The molecule has 1 aromatic rings. The van der Waals surface area contributed by atoms with Crippen LogP contribution in [0.2, 0.25) is 13.1 Å². The summed E-state index contributed by atoms with van der Waals surface area (Å²) in [7, 11) is -1.91. The van der Waals surface area contributed by atoms with Crippen LogP contribution in [0.3, 0.4) is 0 Å². The molecular formula is C14H20OSi. The summed E-state index contributed by atoms with van der Waals surface area (Å²) in [6.07, 6.45) is 1.08. The number of carbonyl (C=O) groups is 1. The highest BCUT2D eigenvalue weighted by Gasteiger charge is 2.54. The molecule has 0 heterocycles. The Hall–Kier alpha value is -0.893. The molecule has 1 aromatic carbocycles. The molecular weight excluding hydrogens is 212 g/mol. The Balaban J connectivity index is 2.24. The summed E-state index contributed by atoms with van der Waals surface area (Å²) in [5.41, 5.74) is 0.260. The second-order valence-electron chi connectivity index (χ2n) is 6.10. The Morgan fingerprint density at radius 3 is 2.19 bits per heavy atom. The smallest absolute Gasteiger partial charge is 0.157 e. The first-order chi connectivity index (χ1) is 7.36.